The van der Waals surface area contributed by atoms with Crippen molar-refractivity contribution in [2.75, 3.05) is 32.8 Å². The lowest BCUT2D eigenvalue weighted by molar-refractivity contribution is -0.132. The molecule has 0 saturated carbocycles. The van der Waals surface area contributed by atoms with Crippen molar-refractivity contribution in [1.82, 2.24) is 9.80 Å². The first-order valence-corrected chi connectivity index (χ1v) is 9.13. The minimum Gasteiger partial charge on any atom is -0.492 e. The molecule has 1 saturated heterocycles. The van der Waals surface area contributed by atoms with Gasteiger partial charge in [0.05, 0.1) is 13.1 Å². The number of amides is 1. The first kappa shape index (κ1) is 17.1. The highest BCUT2D eigenvalue weighted by molar-refractivity contribution is 5.78. The fraction of sp³-hybridized carbons (Fsp3) is 0.381. The number of nitrogens with zero attached hydrogens (tertiary/aromatic N) is 2. The molecule has 0 radical (unpaired) electrons. The van der Waals surface area contributed by atoms with Crippen LogP contribution in [-0.4, -0.2) is 53.6 Å². The number of aliphatic hydroxyl groups is 1. The van der Waals surface area contributed by atoms with Crippen molar-refractivity contribution < 1.29 is 14.6 Å². The first-order chi connectivity index (χ1) is 12.6. The third-order valence-corrected chi connectivity index (χ3v) is 5.30. The number of hydrogen-bond donors (Lipinski definition) is 1. The Morgan fingerprint density at radius 3 is 2.69 bits per heavy atom. The quantitative estimate of drug-likeness (QED) is 0.918. The number of benzene rings is 2. The van der Waals surface area contributed by atoms with Crippen molar-refractivity contribution in [2.45, 2.75) is 18.6 Å². The number of β-amino-alcohol motifs (C(OH)–C–C–N with tert-alkyl or cyclic N) is 1. The van der Waals surface area contributed by atoms with E-state index in [1.165, 1.54) is 0 Å². The van der Waals surface area contributed by atoms with E-state index in [-0.39, 0.29) is 5.91 Å². The maximum absolute atomic E-state index is 12.8. The molecule has 2 heterocycles. The summed E-state index contributed by atoms with van der Waals surface area (Å²) < 4.78 is 5.77. The summed E-state index contributed by atoms with van der Waals surface area (Å²) >= 11 is 0. The Morgan fingerprint density at radius 1 is 1.08 bits per heavy atom. The van der Waals surface area contributed by atoms with Crippen LogP contribution in [0.2, 0.25) is 0 Å². The molecule has 0 aliphatic carbocycles. The number of hydrogen-bond acceptors (Lipinski definition) is 4. The Labute approximate surface area is 153 Å². The van der Waals surface area contributed by atoms with Gasteiger partial charge in [-0.2, -0.15) is 0 Å². The maximum Gasteiger partial charge on any atom is 0.236 e. The molecular weight excluding hydrogens is 328 g/mol. The predicted octanol–water partition coefficient (Wildman–Crippen LogP) is 2.00. The third-order valence-electron chi connectivity index (χ3n) is 5.30. The Morgan fingerprint density at radius 2 is 1.85 bits per heavy atom. The van der Waals surface area contributed by atoms with Gasteiger partial charge in [-0.15, -0.1) is 0 Å². The summed E-state index contributed by atoms with van der Waals surface area (Å²) in [4.78, 5) is 16.7. The molecule has 0 bridgehead atoms. The van der Waals surface area contributed by atoms with E-state index >= 15 is 0 Å². The van der Waals surface area contributed by atoms with Crippen molar-refractivity contribution in [3.8, 4) is 5.75 Å². The zero-order chi connectivity index (χ0) is 18.0. The molecule has 2 aliphatic rings. The van der Waals surface area contributed by atoms with Gasteiger partial charge in [-0.1, -0.05) is 48.5 Å². The number of ether oxygens (including phenoxy) is 1. The van der Waals surface area contributed by atoms with Gasteiger partial charge in [-0.25, -0.2) is 0 Å². The smallest absolute Gasteiger partial charge is 0.236 e. The molecule has 4 rings (SSSR count). The summed E-state index contributed by atoms with van der Waals surface area (Å²) in [5.41, 5.74) is 1.05. The molecule has 1 unspecified atom stereocenters. The molecule has 2 aliphatic heterocycles. The highest BCUT2D eigenvalue weighted by Gasteiger charge is 2.39. The van der Waals surface area contributed by atoms with Crippen LogP contribution in [0.25, 0.3) is 0 Å². The number of rotatable bonds is 3. The van der Waals surface area contributed by atoms with Crippen LogP contribution in [0.3, 0.4) is 0 Å². The Balaban J connectivity index is 1.40. The molecule has 1 atom stereocenters. The van der Waals surface area contributed by atoms with Gasteiger partial charge < -0.3 is 14.7 Å². The Kier molecular flexibility index (Phi) is 4.66. The third kappa shape index (κ3) is 3.45. The Bertz CT molecular complexity index is 780. The SMILES string of the molecule is O=C(CN1CCOc2ccccc2C1)N1CCC(O)(c2ccccc2)C1. The van der Waals surface area contributed by atoms with Crippen LogP contribution >= 0.6 is 0 Å². The Hall–Kier alpha value is -2.37. The van der Waals surface area contributed by atoms with Gasteiger partial charge in [0.2, 0.25) is 5.91 Å². The second-order valence-electron chi connectivity index (χ2n) is 7.13. The van der Waals surface area contributed by atoms with E-state index < -0.39 is 5.60 Å². The van der Waals surface area contributed by atoms with Crippen molar-refractivity contribution in [3.05, 3.63) is 65.7 Å². The average Bonchev–Trinajstić information content (AvgIpc) is 2.96. The summed E-state index contributed by atoms with van der Waals surface area (Å²) in [6.07, 6.45) is 0.578. The van der Waals surface area contributed by atoms with Gasteiger partial charge in [-0.3, -0.25) is 9.69 Å². The summed E-state index contributed by atoms with van der Waals surface area (Å²) in [6.45, 7) is 3.30. The normalized spacial score (nSPS) is 23.2. The lowest BCUT2D eigenvalue weighted by Gasteiger charge is -2.26. The number of para-hydroxylation sites is 1. The molecule has 136 valence electrons. The van der Waals surface area contributed by atoms with Crippen molar-refractivity contribution in [1.29, 1.82) is 0 Å². The van der Waals surface area contributed by atoms with Gasteiger partial charge >= 0.3 is 0 Å². The fourth-order valence-electron chi connectivity index (χ4n) is 3.80. The molecule has 2 aromatic rings. The molecule has 5 nitrogen and oxygen atoms in total. The highest BCUT2D eigenvalue weighted by atomic mass is 16.5. The van der Waals surface area contributed by atoms with E-state index in [0.29, 0.717) is 39.2 Å². The average molecular weight is 352 g/mol. The number of fused-ring (bicyclic) bond motifs is 1. The van der Waals surface area contributed by atoms with Crippen LogP contribution in [0.15, 0.2) is 54.6 Å². The lowest BCUT2D eigenvalue weighted by Crippen LogP contribution is -2.41. The van der Waals surface area contributed by atoms with Gasteiger partial charge in [0.15, 0.2) is 0 Å². The van der Waals surface area contributed by atoms with Crippen LogP contribution in [-0.2, 0) is 16.9 Å². The van der Waals surface area contributed by atoms with Gasteiger partial charge in [0.1, 0.15) is 18.0 Å². The van der Waals surface area contributed by atoms with Crippen LogP contribution in [0.5, 0.6) is 5.75 Å². The molecule has 1 N–H and O–H groups in total. The summed E-state index contributed by atoms with van der Waals surface area (Å²) in [7, 11) is 0. The van der Waals surface area contributed by atoms with E-state index in [1.807, 2.05) is 54.6 Å². The predicted molar refractivity (Wildman–Crippen MR) is 98.7 cm³/mol. The zero-order valence-corrected chi connectivity index (χ0v) is 14.8. The van der Waals surface area contributed by atoms with Gasteiger partial charge in [0.25, 0.3) is 0 Å². The van der Waals surface area contributed by atoms with Crippen LogP contribution in [0.1, 0.15) is 17.5 Å². The molecule has 1 amide bonds. The number of carbonyl (C=O) groups is 1. The largest absolute Gasteiger partial charge is 0.492 e. The molecule has 1 fully saturated rings. The lowest BCUT2D eigenvalue weighted by atomic mass is 9.93. The van der Waals surface area contributed by atoms with Crippen molar-refractivity contribution in [2.24, 2.45) is 0 Å². The number of carbonyl (C=O) groups excluding carboxylic acids is 1. The first-order valence-electron chi connectivity index (χ1n) is 9.13. The molecule has 5 heteroatoms. The fourth-order valence-corrected chi connectivity index (χ4v) is 3.80. The summed E-state index contributed by atoms with van der Waals surface area (Å²) in [5, 5.41) is 10.9. The molecule has 0 spiro atoms. The van der Waals surface area contributed by atoms with E-state index in [9.17, 15) is 9.90 Å². The monoisotopic (exact) mass is 352 g/mol. The van der Waals surface area contributed by atoms with Crippen LogP contribution in [0.4, 0.5) is 0 Å². The molecule has 2 aromatic carbocycles. The van der Waals surface area contributed by atoms with E-state index in [1.54, 1.807) is 4.90 Å². The van der Waals surface area contributed by atoms with Gasteiger partial charge in [0, 0.05) is 25.2 Å². The second-order valence-corrected chi connectivity index (χ2v) is 7.13. The molecular formula is C21H24N2O3. The van der Waals surface area contributed by atoms with Gasteiger partial charge in [-0.05, 0) is 18.1 Å². The van der Waals surface area contributed by atoms with Crippen LogP contribution in [0, 0.1) is 0 Å². The maximum atomic E-state index is 12.8. The molecule has 0 aromatic heterocycles. The van der Waals surface area contributed by atoms with E-state index in [4.69, 9.17) is 4.74 Å². The second kappa shape index (κ2) is 7.09. The zero-order valence-electron chi connectivity index (χ0n) is 14.8. The minimum absolute atomic E-state index is 0.0660. The minimum atomic E-state index is -0.939. The topological polar surface area (TPSA) is 53.0 Å². The summed E-state index contributed by atoms with van der Waals surface area (Å²) in [5.74, 6) is 0.971. The highest BCUT2D eigenvalue weighted by Crippen LogP contribution is 2.32. The summed E-state index contributed by atoms with van der Waals surface area (Å²) in [6, 6.07) is 17.6. The van der Waals surface area contributed by atoms with Crippen molar-refractivity contribution >= 4 is 5.91 Å². The molecule has 26 heavy (non-hydrogen) atoms. The number of likely N-dealkylation sites (tertiary alicyclic amines) is 1. The van der Waals surface area contributed by atoms with Crippen molar-refractivity contribution in [3.63, 3.8) is 0 Å². The van der Waals surface area contributed by atoms with Crippen LogP contribution < -0.4 is 4.74 Å². The van der Waals surface area contributed by atoms with E-state index in [0.717, 1.165) is 23.4 Å². The standard InChI is InChI=1S/C21H24N2O3/c24-20(15-22-12-13-26-19-9-5-4-6-17(19)14-22)23-11-10-21(25,16-23)18-7-2-1-3-8-18/h1-9,25H,10-16H2. The van der Waals surface area contributed by atoms with E-state index in [2.05, 4.69) is 4.90 Å².